The van der Waals surface area contributed by atoms with Gasteiger partial charge in [0, 0.05) is 6.04 Å². The van der Waals surface area contributed by atoms with E-state index in [1.165, 1.54) is 17.3 Å². The molecule has 0 aliphatic rings. The Balaban J connectivity index is 1.95. The van der Waals surface area contributed by atoms with Crippen molar-refractivity contribution in [3.8, 4) is 0 Å². The molecule has 1 aromatic heterocycles. The van der Waals surface area contributed by atoms with E-state index in [2.05, 4.69) is 20.7 Å². The molecule has 23 heavy (non-hydrogen) atoms. The first kappa shape index (κ1) is 17.1. The average Bonchev–Trinajstić information content (AvgIpc) is 2.92. The minimum atomic E-state index is -4.49. The summed E-state index contributed by atoms with van der Waals surface area (Å²) in [5, 5.41) is 8.73. The summed E-state index contributed by atoms with van der Waals surface area (Å²) >= 11 is 5.77. The Morgan fingerprint density at radius 2 is 2.17 bits per heavy atom. The number of benzene rings is 1. The SMILES string of the molecule is C[C@@H](Cn1cncn1)NC(=O)Nc1ccc(C(F)(F)F)cc1Cl. The lowest BCUT2D eigenvalue weighted by Gasteiger charge is -2.15. The van der Waals surface area contributed by atoms with Crippen LogP contribution in [0.5, 0.6) is 0 Å². The Labute approximate surface area is 134 Å². The molecule has 2 amide bonds. The van der Waals surface area contributed by atoms with Gasteiger partial charge in [-0.1, -0.05) is 11.6 Å². The van der Waals surface area contributed by atoms with Crippen LogP contribution in [0.1, 0.15) is 12.5 Å². The van der Waals surface area contributed by atoms with Crippen molar-refractivity contribution in [2.75, 3.05) is 5.32 Å². The maximum Gasteiger partial charge on any atom is 0.416 e. The Morgan fingerprint density at radius 1 is 1.43 bits per heavy atom. The van der Waals surface area contributed by atoms with E-state index in [9.17, 15) is 18.0 Å². The molecule has 1 atom stereocenters. The van der Waals surface area contributed by atoms with Gasteiger partial charge >= 0.3 is 12.2 Å². The molecule has 124 valence electrons. The third-order valence-electron chi connectivity index (χ3n) is 2.85. The summed E-state index contributed by atoms with van der Waals surface area (Å²) in [4.78, 5) is 15.6. The van der Waals surface area contributed by atoms with Gasteiger partial charge in [-0.3, -0.25) is 4.68 Å². The van der Waals surface area contributed by atoms with Crippen LogP contribution in [0.3, 0.4) is 0 Å². The lowest BCUT2D eigenvalue weighted by molar-refractivity contribution is -0.137. The minimum absolute atomic E-state index is 0.0881. The molecule has 0 aliphatic carbocycles. The fraction of sp³-hybridized carbons (Fsp3) is 0.308. The number of anilines is 1. The first-order valence-electron chi connectivity index (χ1n) is 6.52. The number of hydrogen-bond donors (Lipinski definition) is 2. The van der Waals surface area contributed by atoms with Crippen LogP contribution in [0.25, 0.3) is 0 Å². The van der Waals surface area contributed by atoms with Crippen molar-refractivity contribution in [2.24, 2.45) is 0 Å². The molecule has 1 aromatic carbocycles. The molecule has 2 N–H and O–H groups in total. The molecule has 0 bridgehead atoms. The van der Waals surface area contributed by atoms with Crippen LogP contribution in [0.15, 0.2) is 30.9 Å². The van der Waals surface area contributed by atoms with Gasteiger partial charge < -0.3 is 10.6 Å². The smallest absolute Gasteiger partial charge is 0.334 e. The second-order valence-electron chi connectivity index (χ2n) is 4.81. The van der Waals surface area contributed by atoms with E-state index in [1.54, 1.807) is 6.92 Å². The first-order valence-corrected chi connectivity index (χ1v) is 6.90. The molecule has 10 heteroatoms. The van der Waals surface area contributed by atoms with Crippen LogP contribution in [-0.4, -0.2) is 26.8 Å². The summed E-state index contributed by atoms with van der Waals surface area (Å²) in [6.45, 7) is 2.14. The van der Waals surface area contributed by atoms with Crippen molar-refractivity contribution in [2.45, 2.75) is 25.7 Å². The molecule has 0 fully saturated rings. The number of halogens is 4. The molecule has 0 saturated carbocycles. The number of carbonyl (C=O) groups is 1. The van der Waals surface area contributed by atoms with Gasteiger partial charge in [0.15, 0.2) is 0 Å². The number of urea groups is 1. The summed E-state index contributed by atoms with van der Waals surface area (Å²) in [5.41, 5.74) is -0.793. The molecule has 0 radical (unpaired) electrons. The van der Waals surface area contributed by atoms with Crippen LogP contribution in [0, 0.1) is 0 Å². The van der Waals surface area contributed by atoms with Gasteiger partial charge in [-0.05, 0) is 25.1 Å². The molecular formula is C13H13ClF3N5O. The molecule has 6 nitrogen and oxygen atoms in total. The minimum Gasteiger partial charge on any atom is -0.334 e. The third kappa shape index (κ3) is 4.85. The van der Waals surface area contributed by atoms with Crippen molar-refractivity contribution >= 4 is 23.3 Å². The fourth-order valence-corrected chi connectivity index (χ4v) is 2.06. The lowest BCUT2D eigenvalue weighted by Crippen LogP contribution is -2.38. The number of carbonyl (C=O) groups excluding carboxylic acids is 1. The van der Waals surface area contributed by atoms with E-state index in [0.29, 0.717) is 6.54 Å². The highest BCUT2D eigenvalue weighted by Crippen LogP contribution is 2.33. The molecule has 0 saturated heterocycles. The van der Waals surface area contributed by atoms with Crippen LogP contribution in [-0.2, 0) is 12.7 Å². The predicted octanol–water partition coefficient (Wildman–Crippen LogP) is 3.16. The largest absolute Gasteiger partial charge is 0.416 e. The van der Waals surface area contributed by atoms with Crippen molar-refractivity contribution in [3.63, 3.8) is 0 Å². The summed E-state index contributed by atoms with van der Waals surface area (Å²) in [7, 11) is 0. The van der Waals surface area contributed by atoms with Crippen molar-refractivity contribution in [1.29, 1.82) is 0 Å². The topological polar surface area (TPSA) is 71.8 Å². The van der Waals surface area contributed by atoms with Gasteiger partial charge in [-0.2, -0.15) is 18.3 Å². The Bertz CT molecular complexity index is 675. The molecule has 1 heterocycles. The lowest BCUT2D eigenvalue weighted by atomic mass is 10.2. The zero-order chi connectivity index (χ0) is 17.0. The van der Waals surface area contributed by atoms with Gasteiger partial charge in [-0.25, -0.2) is 9.78 Å². The number of nitrogens with one attached hydrogen (secondary N) is 2. The van der Waals surface area contributed by atoms with E-state index in [1.807, 2.05) is 0 Å². The van der Waals surface area contributed by atoms with Gasteiger partial charge in [0.1, 0.15) is 12.7 Å². The normalized spacial score (nSPS) is 12.7. The highest BCUT2D eigenvalue weighted by atomic mass is 35.5. The first-order chi connectivity index (χ1) is 10.8. The summed E-state index contributed by atoms with van der Waals surface area (Å²) in [6.07, 6.45) is -1.62. The number of amides is 2. The predicted molar refractivity (Wildman–Crippen MR) is 78.1 cm³/mol. The van der Waals surface area contributed by atoms with Crippen molar-refractivity contribution in [1.82, 2.24) is 20.1 Å². The van der Waals surface area contributed by atoms with Gasteiger partial charge in [-0.15, -0.1) is 0 Å². The van der Waals surface area contributed by atoms with E-state index >= 15 is 0 Å². The Kier molecular flexibility index (Phi) is 5.09. The molecular weight excluding hydrogens is 335 g/mol. The molecule has 2 rings (SSSR count). The molecule has 0 aliphatic heterocycles. The van der Waals surface area contributed by atoms with Crippen LogP contribution in [0.2, 0.25) is 5.02 Å². The van der Waals surface area contributed by atoms with Gasteiger partial charge in [0.05, 0.1) is 22.8 Å². The van der Waals surface area contributed by atoms with E-state index in [4.69, 9.17) is 11.6 Å². The molecule has 0 spiro atoms. The number of rotatable bonds is 4. The monoisotopic (exact) mass is 347 g/mol. The number of nitrogens with zero attached hydrogens (tertiary/aromatic N) is 3. The van der Waals surface area contributed by atoms with Crippen LogP contribution < -0.4 is 10.6 Å². The number of aromatic nitrogens is 3. The zero-order valence-electron chi connectivity index (χ0n) is 11.9. The molecule has 2 aromatic rings. The Morgan fingerprint density at radius 3 is 2.74 bits per heavy atom. The molecule has 0 unspecified atom stereocenters. The van der Waals surface area contributed by atoms with E-state index < -0.39 is 17.8 Å². The zero-order valence-corrected chi connectivity index (χ0v) is 12.7. The number of hydrogen-bond acceptors (Lipinski definition) is 3. The van der Waals surface area contributed by atoms with Crippen LogP contribution in [0.4, 0.5) is 23.7 Å². The van der Waals surface area contributed by atoms with Crippen LogP contribution >= 0.6 is 11.6 Å². The second kappa shape index (κ2) is 6.86. The van der Waals surface area contributed by atoms with Gasteiger partial charge in [0.25, 0.3) is 0 Å². The highest BCUT2D eigenvalue weighted by Gasteiger charge is 2.31. The Hall–Kier alpha value is -2.29. The van der Waals surface area contributed by atoms with E-state index in [-0.39, 0.29) is 16.8 Å². The standard InChI is InChI=1S/C13H13ClF3N5O/c1-8(5-22-7-18-6-19-22)20-12(23)21-11-3-2-9(4-10(11)14)13(15,16)17/h2-4,6-8H,5H2,1H3,(H2,20,21,23)/t8-/m0/s1. The fourth-order valence-electron chi connectivity index (χ4n) is 1.83. The van der Waals surface area contributed by atoms with Crippen molar-refractivity contribution < 1.29 is 18.0 Å². The number of alkyl halides is 3. The summed E-state index contributed by atoms with van der Waals surface area (Å²) < 4.78 is 39.2. The quantitative estimate of drug-likeness (QED) is 0.892. The van der Waals surface area contributed by atoms with Gasteiger partial charge in [0.2, 0.25) is 0 Å². The van der Waals surface area contributed by atoms with Crippen molar-refractivity contribution in [3.05, 3.63) is 41.4 Å². The summed E-state index contributed by atoms with van der Waals surface area (Å²) in [5.74, 6) is 0. The third-order valence-corrected chi connectivity index (χ3v) is 3.16. The second-order valence-corrected chi connectivity index (χ2v) is 5.22. The summed E-state index contributed by atoms with van der Waals surface area (Å²) in [6, 6.07) is 1.85. The maximum absolute atomic E-state index is 12.5. The van der Waals surface area contributed by atoms with E-state index in [0.717, 1.165) is 18.2 Å². The highest BCUT2D eigenvalue weighted by molar-refractivity contribution is 6.33. The average molecular weight is 348 g/mol. The maximum atomic E-state index is 12.5.